The summed E-state index contributed by atoms with van der Waals surface area (Å²) in [5.74, 6) is 0.740. The Kier molecular flexibility index (Phi) is 8.01. The van der Waals surface area contributed by atoms with Crippen LogP contribution in [0.3, 0.4) is 0 Å². The van der Waals surface area contributed by atoms with Crippen molar-refractivity contribution in [2.75, 3.05) is 32.8 Å². The van der Waals surface area contributed by atoms with E-state index < -0.39 is 11.7 Å². The van der Waals surface area contributed by atoms with E-state index in [1.165, 1.54) is 0 Å². The number of guanidine groups is 1. The topological polar surface area (TPSA) is 84.0 Å². The summed E-state index contributed by atoms with van der Waals surface area (Å²) in [5.41, 5.74) is -0.477. The molecule has 7 nitrogen and oxygen atoms in total. The minimum absolute atomic E-state index is 0.232. The number of alkyl carbamates (subject to hydrolysis) is 1. The number of carbonyl (C=O) groups is 1. The molecule has 1 heterocycles. The third-order valence-corrected chi connectivity index (χ3v) is 2.91. The van der Waals surface area contributed by atoms with Crippen LogP contribution < -0.4 is 16.0 Å². The van der Waals surface area contributed by atoms with Gasteiger partial charge in [-0.2, -0.15) is 0 Å². The molecule has 7 heteroatoms. The fraction of sp³-hybridized carbons (Fsp3) is 0.867. The van der Waals surface area contributed by atoms with Gasteiger partial charge in [-0.05, 0) is 40.5 Å². The van der Waals surface area contributed by atoms with Gasteiger partial charge in [0.25, 0.3) is 0 Å². The van der Waals surface area contributed by atoms with Crippen molar-refractivity contribution in [1.29, 1.82) is 0 Å². The van der Waals surface area contributed by atoms with Gasteiger partial charge in [0.15, 0.2) is 5.96 Å². The molecule has 0 aliphatic carbocycles. The SMILES string of the molecule is CCNC(=NCC1CCCO1)NCCNC(=O)OC(C)(C)C. The Morgan fingerprint density at radius 2 is 2.00 bits per heavy atom. The number of hydrogen-bond donors (Lipinski definition) is 3. The zero-order chi connectivity index (χ0) is 16.4. The van der Waals surface area contributed by atoms with Gasteiger partial charge < -0.3 is 25.4 Å². The average Bonchev–Trinajstić information content (AvgIpc) is 2.92. The minimum Gasteiger partial charge on any atom is -0.444 e. The van der Waals surface area contributed by atoms with Crippen LogP contribution in [0, 0.1) is 0 Å². The second-order valence-corrected chi connectivity index (χ2v) is 6.21. The molecule has 1 aliphatic rings. The number of rotatable bonds is 6. The van der Waals surface area contributed by atoms with E-state index in [0.717, 1.165) is 32.0 Å². The first-order valence-electron chi connectivity index (χ1n) is 8.01. The van der Waals surface area contributed by atoms with Crippen molar-refractivity contribution < 1.29 is 14.3 Å². The molecule has 0 bridgehead atoms. The third kappa shape index (κ3) is 8.71. The standard InChI is InChI=1S/C15H30N4O3/c1-5-16-13(19-11-12-7-6-10-21-12)17-8-9-18-14(20)22-15(2,3)4/h12H,5-11H2,1-4H3,(H,18,20)(H2,16,17,19). The molecule has 0 aromatic rings. The lowest BCUT2D eigenvalue weighted by Gasteiger charge is -2.20. The lowest BCUT2D eigenvalue weighted by Crippen LogP contribution is -2.42. The predicted octanol–water partition coefficient (Wildman–Crippen LogP) is 1.25. The largest absolute Gasteiger partial charge is 0.444 e. The van der Waals surface area contributed by atoms with Gasteiger partial charge in [0.2, 0.25) is 0 Å². The molecule has 0 saturated carbocycles. The van der Waals surface area contributed by atoms with Crippen molar-refractivity contribution in [3.8, 4) is 0 Å². The van der Waals surface area contributed by atoms with Gasteiger partial charge in [-0.1, -0.05) is 0 Å². The Balaban J connectivity index is 2.23. The maximum atomic E-state index is 11.5. The van der Waals surface area contributed by atoms with E-state index in [0.29, 0.717) is 19.6 Å². The highest BCUT2D eigenvalue weighted by molar-refractivity contribution is 5.79. The number of nitrogens with zero attached hydrogens (tertiary/aromatic N) is 1. The average molecular weight is 314 g/mol. The Bertz CT molecular complexity index is 360. The zero-order valence-corrected chi connectivity index (χ0v) is 14.2. The first-order valence-corrected chi connectivity index (χ1v) is 8.01. The van der Waals surface area contributed by atoms with E-state index in [1.54, 1.807) is 0 Å². The molecular formula is C15H30N4O3. The molecule has 3 N–H and O–H groups in total. The number of nitrogens with one attached hydrogen (secondary N) is 3. The van der Waals surface area contributed by atoms with Crippen LogP contribution in [0.2, 0.25) is 0 Å². The summed E-state index contributed by atoms with van der Waals surface area (Å²) in [5, 5.41) is 9.05. The van der Waals surface area contributed by atoms with Crippen molar-refractivity contribution in [1.82, 2.24) is 16.0 Å². The summed E-state index contributed by atoms with van der Waals surface area (Å²) in [4.78, 5) is 16.0. The Morgan fingerprint density at radius 3 is 2.59 bits per heavy atom. The Morgan fingerprint density at radius 1 is 1.27 bits per heavy atom. The van der Waals surface area contributed by atoms with E-state index in [9.17, 15) is 4.79 Å². The summed E-state index contributed by atoms with van der Waals surface area (Å²) < 4.78 is 10.7. The molecule has 1 fully saturated rings. The van der Waals surface area contributed by atoms with Crippen molar-refractivity contribution in [2.24, 2.45) is 4.99 Å². The number of hydrogen-bond acceptors (Lipinski definition) is 4. The van der Waals surface area contributed by atoms with Crippen LogP contribution in [0.25, 0.3) is 0 Å². The molecule has 1 aliphatic heterocycles. The second kappa shape index (κ2) is 9.50. The highest BCUT2D eigenvalue weighted by atomic mass is 16.6. The summed E-state index contributed by atoms with van der Waals surface area (Å²) >= 11 is 0. The van der Waals surface area contributed by atoms with Crippen LogP contribution in [0.15, 0.2) is 4.99 Å². The van der Waals surface area contributed by atoms with E-state index in [4.69, 9.17) is 9.47 Å². The van der Waals surface area contributed by atoms with Gasteiger partial charge in [0.05, 0.1) is 12.6 Å². The fourth-order valence-electron chi connectivity index (χ4n) is 1.98. The maximum absolute atomic E-state index is 11.5. The number of amides is 1. The van der Waals surface area contributed by atoms with Crippen LogP contribution >= 0.6 is 0 Å². The van der Waals surface area contributed by atoms with Crippen LogP contribution in [0.1, 0.15) is 40.5 Å². The minimum atomic E-state index is -0.477. The van der Waals surface area contributed by atoms with E-state index >= 15 is 0 Å². The molecule has 1 amide bonds. The quantitative estimate of drug-likeness (QED) is 0.390. The highest BCUT2D eigenvalue weighted by Crippen LogP contribution is 2.11. The fourth-order valence-corrected chi connectivity index (χ4v) is 1.98. The van der Waals surface area contributed by atoms with Gasteiger partial charge in [0.1, 0.15) is 5.60 Å². The molecule has 1 atom stereocenters. The van der Waals surface area contributed by atoms with Crippen molar-refractivity contribution in [3.63, 3.8) is 0 Å². The molecule has 1 saturated heterocycles. The summed E-state index contributed by atoms with van der Waals surface area (Å²) in [7, 11) is 0. The zero-order valence-electron chi connectivity index (χ0n) is 14.2. The van der Waals surface area contributed by atoms with E-state index in [1.807, 2.05) is 27.7 Å². The number of ether oxygens (including phenoxy) is 2. The predicted molar refractivity (Wildman–Crippen MR) is 87.2 cm³/mol. The number of carbonyl (C=O) groups excluding carboxylic acids is 1. The van der Waals surface area contributed by atoms with Gasteiger partial charge >= 0.3 is 6.09 Å². The smallest absolute Gasteiger partial charge is 0.407 e. The summed E-state index contributed by atoms with van der Waals surface area (Å²) in [6, 6.07) is 0. The van der Waals surface area contributed by atoms with Gasteiger partial charge in [-0.3, -0.25) is 4.99 Å². The van der Waals surface area contributed by atoms with Crippen LogP contribution in [-0.2, 0) is 9.47 Å². The molecule has 22 heavy (non-hydrogen) atoms. The molecule has 0 aromatic carbocycles. The van der Waals surface area contributed by atoms with Crippen LogP contribution in [0.4, 0.5) is 4.79 Å². The molecular weight excluding hydrogens is 284 g/mol. The first kappa shape index (κ1) is 18.5. The molecule has 0 spiro atoms. The molecule has 1 rings (SSSR count). The molecule has 1 unspecified atom stereocenters. The van der Waals surface area contributed by atoms with Crippen molar-refractivity contribution in [2.45, 2.75) is 52.2 Å². The maximum Gasteiger partial charge on any atom is 0.407 e. The summed E-state index contributed by atoms with van der Waals surface area (Å²) in [6.07, 6.45) is 2.01. The van der Waals surface area contributed by atoms with E-state index in [-0.39, 0.29) is 6.10 Å². The van der Waals surface area contributed by atoms with E-state index in [2.05, 4.69) is 20.9 Å². The lowest BCUT2D eigenvalue weighted by atomic mass is 10.2. The third-order valence-electron chi connectivity index (χ3n) is 2.91. The normalized spacial score (nSPS) is 18.9. The van der Waals surface area contributed by atoms with Crippen LogP contribution in [-0.4, -0.2) is 56.5 Å². The lowest BCUT2D eigenvalue weighted by molar-refractivity contribution is 0.0529. The monoisotopic (exact) mass is 314 g/mol. The van der Waals surface area contributed by atoms with Crippen molar-refractivity contribution >= 4 is 12.1 Å². The Labute approximate surface area is 133 Å². The van der Waals surface area contributed by atoms with Crippen molar-refractivity contribution in [3.05, 3.63) is 0 Å². The van der Waals surface area contributed by atoms with Gasteiger partial charge in [-0.15, -0.1) is 0 Å². The molecule has 128 valence electrons. The van der Waals surface area contributed by atoms with Gasteiger partial charge in [-0.25, -0.2) is 4.79 Å². The first-order chi connectivity index (χ1) is 10.4. The number of aliphatic imine (C=N–C) groups is 1. The van der Waals surface area contributed by atoms with Crippen LogP contribution in [0.5, 0.6) is 0 Å². The molecule has 0 aromatic heterocycles. The summed E-state index contributed by atoms with van der Waals surface area (Å²) in [6.45, 7) is 10.9. The molecule has 0 radical (unpaired) electrons. The second-order valence-electron chi connectivity index (χ2n) is 6.21. The highest BCUT2D eigenvalue weighted by Gasteiger charge is 2.16. The Hall–Kier alpha value is -1.50. The van der Waals surface area contributed by atoms with Gasteiger partial charge in [0, 0.05) is 26.2 Å².